The van der Waals surface area contributed by atoms with Crippen molar-refractivity contribution in [1.82, 2.24) is 0 Å². The summed E-state index contributed by atoms with van der Waals surface area (Å²) in [5, 5.41) is 13.8. The number of aromatic hydroxyl groups is 1. The minimum Gasteiger partial charge on any atom is -0.508 e. The van der Waals surface area contributed by atoms with Crippen molar-refractivity contribution in [3.8, 4) is 11.5 Å². The molecular weight excluding hydrogens is 444 g/mol. The van der Waals surface area contributed by atoms with Crippen molar-refractivity contribution in [3.63, 3.8) is 0 Å². The van der Waals surface area contributed by atoms with Crippen LogP contribution in [0.2, 0.25) is 0 Å². The van der Waals surface area contributed by atoms with Gasteiger partial charge in [0.05, 0.1) is 7.11 Å². The Morgan fingerprint density at radius 1 is 0.640 bits per heavy atom. The first-order chi connectivity index (χ1) is 12.0. The van der Waals surface area contributed by atoms with Gasteiger partial charge in [-0.15, -0.1) is 0 Å². The van der Waals surface area contributed by atoms with Crippen molar-refractivity contribution in [3.05, 3.63) is 81.7 Å². The van der Waals surface area contributed by atoms with E-state index in [2.05, 4.69) is 50.1 Å². The Labute approximate surface area is 163 Å². The molecule has 4 aromatic carbocycles. The molecule has 0 spiro atoms. The summed E-state index contributed by atoms with van der Waals surface area (Å²) in [6, 6.07) is 23.6. The number of benzene rings is 4. The molecule has 4 aromatic rings. The van der Waals surface area contributed by atoms with E-state index >= 15 is 0 Å². The molecule has 0 radical (unpaired) electrons. The first-order valence-corrected chi connectivity index (χ1v) is 9.25. The lowest BCUT2D eigenvalue weighted by Gasteiger charge is -2.02. The minimum absolute atomic E-state index is 0.306. The number of phenols is 1. The van der Waals surface area contributed by atoms with E-state index in [-0.39, 0.29) is 0 Å². The molecule has 0 aliphatic rings. The zero-order valence-corrected chi connectivity index (χ0v) is 16.7. The lowest BCUT2D eigenvalue weighted by molar-refractivity contribution is 0.415. The van der Waals surface area contributed by atoms with Gasteiger partial charge in [-0.2, -0.15) is 0 Å². The molecule has 0 aliphatic carbocycles. The third-order valence-electron chi connectivity index (χ3n) is 3.80. The number of hydrogen-bond donors (Lipinski definition) is 1. The van der Waals surface area contributed by atoms with Crippen LogP contribution in [0, 0.1) is 0 Å². The second kappa shape index (κ2) is 7.89. The summed E-state index contributed by atoms with van der Waals surface area (Å²) in [7, 11) is 1.68. The summed E-state index contributed by atoms with van der Waals surface area (Å²) in [6.07, 6.45) is 0. The molecule has 0 unspecified atom stereocenters. The molecule has 0 atom stereocenters. The SMILES string of the molecule is COc1ccc2ccc(Br)cc2c1.Oc1ccc2ccc(Br)cc2c1. The molecule has 4 rings (SSSR count). The highest BCUT2D eigenvalue weighted by Gasteiger charge is 1.96. The maximum atomic E-state index is 9.21. The van der Waals surface area contributed by atoms with E-state index < -0.39 is 0 Å². The maximum Gasteiger partial charge on any atom is 0.119 e. The molecule has 0 fully saturated rings. The van der Waals surface area contributed by atoms with Gasteiger partial charge < -0.3 is 9.84 Å². The van der Waals surface area contributed by atoms with Crippen LogP contribution in [0.5, 0.6) is 11.5 Å². The lowest BCUT2D eigenvalue weighted by atomic mass is 10.1. The van der Waals surface area contributed by atoms with Crippen LogP contribution in [-0.2, 0) is 0 Å². The molecule has 1 N–H and O–H groups in total. The number of methoxy groups -OCH3 is 1. The molecule has 0 amide bonds. The summed E-state index contributed by atoms with van der Waals surface area (Å²) in [4.78, 5) is 0. The van der Waals surface area contributed by atoms with Gasteiger partial charge in [-0.3, -0.25) is 0 Å². The second-order valence-electron chi connectivity index (χ2n) is 5.53. The summed E-state index contributed by atoms with van der Waals surface area (Å²) >= 11 is 6.81. The number of fused-ring (bicyclic) bond motifs is 2. The van der Waals surface area contributed by atoms with E-state index in [0.717, 1.165) is 25.5 Å². The van der Waals surface area contributed by atoms with Crippen molar-refractivity contribution in [2.45, 2.75) is 0 Å². The van der Waals surface area contributed by atoms with Gasteiger partial charge in [0.25, 0.3) is 0 Å². The summed E-state index contributed by atoms with van der Waals surface area (Å²) < 4.78 is 7.27. The number of phenolic OH excluding ortho intramolecular Hbond substituents is 1. The highest BCUT2D eigenvalue weighted by Crippen LogP contribution is 2.24. The highest BCUT2D eigenvalue weighted by molar-refractivity contribution is 9.10. The van der Waals surface area contributed by atoms with E-state index in [9.17, 15) is 5.11 Å². The van der Waals surface area contributed by atoms with Crippen LogP contribution < -0.4 is 4.74 Å². The van der Waals surface area contributed by atoms with Crippen molar-refractivity contribution in [1.29, 1.82) is 0 Å². The summed E-state index contributed by atoms with van der Waals surface area (Å²) in [5.74, 6) is 1.20. The fourth-order valence-corrected chi connectivity index (χ4v) is 3.29. The third-order valence-corrected chi connectivity index (χ3v) is 4.78. The van der Waals surface area contributed by atoms with Crippen LogP contribution in [0.25, 0.3) is 21.5 Å². The topological polar surface area (TPSA) is 29.5 Å². The molecular formula is C21H16Br2O2. The van der Waals surface area contributed by atoms with Gasteiger partial charge in [-0.25, -0.2) is 0 Å². The van der Waals surface area contributed by atoms with Gasteiger partial charge in [0, 0.05) is 8.95 Å². The maximum absolute atomic E-state index is 9.21. The van der Waals surface area contributed by atoms with Gasteiger partial charge in [-0.05, 0) is 70.1 Å². The molecule has 2 nitrogen and oxygen atoms in total. The average molecular weight is 460 g/mol. The number of ether oxygens (including phenoxy) is 1. The van der Waals surface area contributed by atoms with Crippen LogP contribution in [-0.4, -0.2) is 12.2 Å². The molecule has 0 aromatic heterocycles. The largest absolute Gasteiger partial charge is 0.508 e. The molecule has 0 heterocycles. The van der Waals surface area contributed by atoms with Gasteiger partial charge in [-0.1, -0.05) is 56.1 Å². The standard InChI is InChI=1S/C11H9BrO.C10H7BrO/c1-13-11-5-3-8-2-4-10(12)6-9(8)7-11;11-9-3-1-7-2-4-10(12)6-8(7)5-9/h2-7H,1H3;1-6,12H. The highest BCUT2D eigenvalue weighted by atomic mass is 79.9. The fraction of sp³-hybridized carbons (Fsp3) is 0.0476. The van der Waals surface area contributed by atoms with E-state index in [4.69, 9.17) is 4.74 Å². The smallest absolute Gasteiger partial charge is 0.119 e. The van der Waals surface area contributed by atoms with Crippen molar-refractivity contribution >= 4 is 53.4 Å². The summed E-state index contributed by atoms with van der Waals surface area (Å²) in [5.41, 5.74) is 0. The molecule has 4 heteroatoms. The Kier molecular flexibility index (Phi) is 5.61. The predicted molar refractivity (Wildman–Crippen MR) is 112 cm³/mol. The van der Waals surface area contributed by atoms with Crippen LogP contribution in [0.1, 0.15) is 0 Å². The Morgan fingerprint density at radius 2 is 1.16 bits per heavy atom. The molecule has 0 saturated heterocycles. The monoisotopic (exact) mass is 458 g/mol. The lowest BCUT2D eigenvalue weighted by Crippen LogP contribution is -1.81. The minimum atomic E-state index is 0.306. The number of rotatable bonds is 1. The van der Waals surface area contributed by atoms with E-state index in [1.807, 2.05) is 42.5 Å². The first-order valence-electron chi connectivity index (χ1n) is 7.67. The molecule has 0 saturated carbocycles. The predicted octanol–water partition coefficient (Wildman–Crippen LogP) is 6.92. The first kappa shape index (κ1) is 17.8. The molecule has 25 heavy (non-hydrogen) atoms. The van der Waals surface area contributed by atoms with Gasteiger partial charge >= 0.3 is 0 Å². The molecule has 126 valence electrons. The van der Waals surface area contributed by atoms with Crippen molar-refractivity contribution in [2.24, 2.45) is 0 Å². The van der Waals surface area contributed by atoms with Crippen molar-refractivity contribution in [2.75, 3.05) is 7.11 Å². The van der Waals surface area contributed by atoms with Gasteiger partial charge in [0.1, 0.15) is 11.5 Å². The Bertz CT molecular complexity index is 992. The van der Waals surface area contributed by atoms with Crippen LogP contribution >= 0.6 is 31.9 Å². The third kappa shape index (κ3) is 4.53. The fourth-order valence-electron chi connectivity index (χ4n) is 2.53. The van der Waals surface area contributed by atoms with Gasteiger partial charge in [0.2, 0.25) is 0 Å². The van der Waals surface area contributed by atoms with Crippen LogP contribution in [0.15, 0.2) is 81.7 Å². The quantitative estimate of drug-likeness (QED) is 0.334. The number of halogens is 2. The zero-order chi connectivity index (χ0) is 17.8. The van der Waals surface area contributed by atoms with Crippen LogP contribution in [0.3, 0.4) is 0 Å². The van der Waals surface area contributed by atoms with E-state index in [0.29, 0.717) is 5.75 Å². The van der Waals surface area contributed by atoms with Gasteiger partial charge in [0.15, 0.2) is 0 Å². The zero-order valence-electron chi connectivity index (χ0n) is 13.5. The van der Waals surface area contributed by atoms with E-state index in [1.165, 1.54) is 10.8 Å². The van der Waals surface area contributed by atoms with Crippen LogP contribution in [0.4, 0.5) is 0 Å². The van der Waals surface area contributed by atoms with Crippen molar-refractivity contribution < 1.29 is 9.84 Å². The Hall–Kier alpha value is -2.04. The Morgan fingerprint density at radius 3 is 1.76 bits per heavy atom. The number of hydrogen-bond acceptors (Lipinski definition) is 2. The molecule has 0 aliphatic heterocycles. The normalized spacial score (nSPS) is 10.4. The van der Waals surface area contributed by atoms with E-state index in [1.54, 1.807) is 19.2 Å². The second-order valence-corrected chi connectivity index (χ2v) is 7.36. The summed E-state index contributed by atoms with van der Waals surface area (Å²) in [6.45, 7) is 0. The average Bonchev–Trinajstić information content (AvgIpc) is 2.61. The Balaban J connectivity index is 0.000000146. The molecule has 0 bridgehead atoms.